The van der Waals surface area contributed by atoms with E-state index in [1.165, 1.54) is 32.4 Å². The summed E-state index contributed by atoms with van der Waals surface area (Å²) >= 11 is 0. The highest BCUT2D eigenvalue weighted by molar-refractivity contribution is 7.89. The van der Waals surface area contributed by atoms with Crippen LogP contribution in [-0.2, 0) is 10.0 Å². The van der Waals surface area contributed by atoms with E-state index in [2.05, 4.69) is 20.5 Å². The standard InChI is InChI=1S/C24H21N5O6S/c1-34-16-7-3-14(4-8-16)26-28-21-19-12-11-18(36(25,32)33)13-20(19)22(24(31)23(21)30)29-27-15-5-9-17(35-2)10-6-15/h3-13,30-31H,1-2H3,(H2,25,32,33). The summed E-state index contributed by atoms with van der Waals surface area (Å²) in [7, 11) is -1.02. The minimum Gasteiger partial charge on any atom is -0.503 e. The lowest BCUT2D eigenvalue weighted by molar-refractivity contribution is 0.406. The van der Waals surface area contributed by atoms with Gasteiger partial charge in [0.2, 0.25) is 10.0 Å². The van der Waals surface area contributed by atoms with Crippen molar-refractivity contribution < 1.29 is 28.1 Å². The molecule has 4 aromatic carbocycles. The molecule has 0 atom stereocenters. The number of hydrogen-bond donors (Lipinski definition) is 3. The minimum atomic E-state index is -4.08. The Bertz CT molecular complexity index is 1580. The summed E-state index contributed by atoms with van der Waals surface area (Å²) in [5, 5.41) is 43.6. The van der Waals surface area contributed by atoms with E-state index in [-0.39, 0.29) is 27.0 Å². The van der Waals surface area contributed by atoms with E-state index in [1.807, 2.05) is 0 Å². The molecule has 0 saturated carbocycles. The normalized spacial score (nSPS) is 12.0. The Kier molecular flexibility index (Phi) is 6.81. The first kappa shape index (κ1) is 24.6. The number of ether oxygens (including phenoxy) is 2. The fraction of sp³-hybridized carbons (Fsp3) is 0.0833. The molecule has 0 radical (unpaired) electrons. The second-order valence-electron chi connectivity index (χ2n) is 7.44. The smallest absolute Gasteiger partial charge is 0.238 e. The number of azo groups is 2. The zero-order valence-corrected chi connectivity index (χ0v) is 20.0. The third-order valence-corrected chi connectivity index (χ3v) is 6.09. The number of aromatic hydroxyl groups is 2. The number of rotatable bonds is 7. The lowest BCUT2D eigenvalue weighted by atomic mass is 10.1. The molecule has 0 amide bonds. The molecule has 4 rings (SSSR count). The van der Waals surface area contributed by atoms with Crippen molar-refractivity contribution in [1.82, 2.24) is 0 Å². The van der Waals surface area contributed by atoms with Gasteiger partial charge >= 0.3 is 0 Å². The zero-order chi connectivity index (χ0) is 25.9. The van der Waals surface area contributed by atoms with E-state index in [0.717, 1.165) is 0 Å². The van der Waals surface area contributed by atoms with Gasteiger partial charge in [0.25, 0.3) is 0 Å². The third kappa shape index (κ3) is 5.09. The molecule has 0 aliphatic rings. The van der Waals surface area contributed by atoms with Gasteiger partial charge in [-0.1, -0.05) is 6.07 Å². The lowest BCUT2D eigenvalue weighted by Gasteiger charge is -2.11. The predicted octanol–water partition coefficient (Wildman–Crippen LogP) is 5.75. The Balaban J connectivity index is 1.87. The highest BCUT2D eigenvalue weighted by Gasteiger charge is 2.21. The van der Waals surface area contributed by atoms with Crippen molar-refractivity contribution in [2.45, 2.75) is 4.90 Å². The number of hydrogen-bond acceptors (Lipinski definition) is 10. The second-order valence-corrected chi connectivity index (χ2v) is 9.00. The van der Waals surface area contributed by atoms with Crippen molar-refractivity contribution in [3.63, 3.8) is 0 Å². The highest BCUT2D eigenvalue weighted by Crippen LogP contribution is 2.50. The zero-order valence-electron chi connectivity index (χ0n) is 19.2. The number of nitrogens with zero attached hydrogens (tertiary/aromatic N) is 4. The SMILES string of the molecule is COc1ccc(N=Nc2c(O)c(O)c(N=Nc3ccc(OC)cc3)c3cc(S(N)(=O)=O)ccc23)cc1. The molecule has 0 unspecified atom stereocenters. The van der Waals surface area contributed by atoms with Gasteiger partial charge in [-0.2, -0.15) is 10.2 Å². The molecule has 184 valence electrons. The molecule has 36 heavy (non-hydrogen) atoms. The minimum absolute atomic E-state index is 0.0947. The summed E-state index contributed by atoms with van der Waals surface area (Å²) in [5.41, 5.74) is 0.607. The van der Waals surface area contributed by atoms with E-state index in [0.29, 0.717) is 22.9 Å². The van der Waals surface area contributed by atoms with Crippen molar-refractivity contribution in [1.29, 1.82) is 0 Å². The van der Waals surface area contributed by atoms with Crippen molar-refractivity contribution in [2.75, 3.05) is 14.2 Å². The number of phenols is 2. The molecule has 0 bridgehead atoms. The molecule has 0 aliphatic heterocycles. The molecule has 0 aromatic heterocycles. The van der Waals surface area contributed by atoms with Crippen molar-refractivity contribution in [2.24, 2.45) is 25.6 Å². The number of phenolic OH excluding ortho intramolecular Hbond substituents is 2. The van der Waals surface area contributed by atoms with Crippen molar-refractivity contribution in [3.05, 3.63) is 66.7 Å². The van der Waals surface area contributed by atoms with Crippen LogP contribution in [0, 0.1) is 0 Å². The third-order valence-electron chi connectivity index (χ3n) is 5.18. The van der Waals surface area contributed by atoms with E-state index in [4.69, 9.17) is 14.6 Å². The molecular weight excluding hydrogens is 486 g/mol. The van der Waals surface area contributed by atoms with Crippen LogP contribution < -0.4 is 14.6 Å². The first-order chi connectivity index (χ1) is 17.2. The summed E-state index contributed by atoms with van der Waals surface area (Å²) in [5.74, 6) is -0.0203. The first-order valence-corrected chi connectivity index (χ1v) is 11.9. The highest BCUT2D eigenvalue weighted by atomic mass is 32.2. The van der Waals surface area contributed by atoms with Gasteiger partial charge in [-0.3, -0.25) is 0 Å². The quantitative estimate of drug-likeness (QED) is 0.213. The average Bonchev–Trinajstić information content (AvgIpc) is 2.88. The summed E-state index contributed by atoms with van der Waals surface area (Å²) in [4.78, 5) is -0.223. The number of benzene rings is 4. The summed E-state index contributed by atoms with van der Waals surface area (Å²) in [6.07, 6.45) is 0. The fourth-order valence-corrected chi connectivity index (χ4v) is 3.84. The Hall–Kier alpha value is -4.55. The maximum atomic E-state index is 12.0. The number of methoxy groups -OCH3 is 2. The Morgan fingerprint density at radius 1 is 0.667 bits per heavy atom. The fourth-order valence-electron chi connectivity index (χ4n) is 3.30. The number of primary sulfonamides is 1. The van der Waals surface area contributed by atoms with E-state index >= 15 is 0 Å². The molecule has 12 heteroatoms. The number of fused-ring (bicyclic) bond motifs is 1. The van der Waals surface area contributed by atoms with E-state index < -0.39 is 21.5 Å². The Labute approximate surface area is 206 Å². The van der Waals surface area contributed by atoms with Crippen LogP contribution in [0.25, 0.3) is 10.8 Å². The topological polar surface area (TPSA) is 169 Å². The molecule has 4 N–H and O–H groups in total. The maximum Gasteiger partial charge on any atom is 0.238 e. The first-order valence-electron chi connectivity index (χ1n) is 10.4. The molecule has 11 nitrogen and oxygen atoms in total. The maximum absolute atomic E-state index is 12.0. The van der Waals surface area contributed by atoms with Gasteiger partial charge < -0.3 is 19.7 Å². The molecule has 0 spiro atoms. The molecule has 4 aromatic rings. The molecule has 0 saturated heterocycles. The van der Waals surface area contributed by atoms with Crippen molar-refractivity contribution >= 4 is 43.5 Å². The monoisotopic (exact) mass is 507 g/mol. The van der Waals surface area contributed by atoms with Gasteiger partial charge in [0.15, 0.2) is 11.5 Å². The summed E-state index contributed by atoms with van der Waals surface area (Å²) in [6.45, 7) is 0. The van der Waals surface area contributed by atoms with Crippen LogP contribution in [0.2, 0.25) is 0 Å². The molecular formula is C24H21N5O6S. The van der Waals surface area contributed by atoms with Gasteiger partial charge in [-0.05, 0) is 60.7 Å². The Morgan fingerprint density at radius 2 is 1.11 bits per heavy atom. The lowest BCUT2D eigenvalue weighted by Crippen LogP contribution is -2.11. The van der Waals surface area contributed by atoms with Crippen LogP contribution in [0.15, 0.2) is 92.1 Å². The van der Waals surface area contributed by atoms with Crippen LogP contribution in [0.1, 0.15) is 0 Å². The summed E-state index contributed by atoms with van der Waals surface area (Å²) < 4.78 is 34.2. The number of sulfonamides is 1. The second kappa shape index (κ2) is 9.98. The van der Waals surface area contributed by atoms with Crippen LogP contribution in [-0.4, -0.2) is 32.9 Å². The Morgan fingerprint density at radius 3 is 1.53 bits per heavy atom. The van der Waals surface area contributed by atoms with Crippen LogP contribution in [0.3, 0.4) is 0 Å². The summed E-state index contributed by atoms with van der Waals surface area (Å²) in [6, 6.07) is 17.2. The molecule has 0 heterocycles. The van der Waals surface area contributed by atoms with Crippen LogP contribution in [0.5, 0.6) is 23.0 Å². The van der Waals surface area contributed by atoms with Crippen molar-refractivity contribution in [3.8, 4) is 23.0 Å². The van der Waals surface area contributed by atoms with Gasteiger partial charge in [-0.15, -0.1) is 10.2 Å². The van der Waals surface area contributed by atoms with Gasteiger partial charge in [-0.25, -0.2) is 13.6 Å². The molecule has 0 fully saturated rings. The van der Waals surface area contributed by atoms with Crippen LogP contribution in [0.4, 0.5) is 22.7 Å². The van der Waals surface area contributed by atoms with E-state index in [1.54, 1.807) is 48.5 Å². The van der Waals surface area contributed by atoms with Gasteiger partial charge in [0.05, 0.1) is 30.5 Å². The van der Waals surface area contributed by atoms with Gasteiger partial charge in [0, 0.05) is 10.8 Å². The molecule has 0 aliphatic carbocycles. The average molecular weight is 508 g/mol. The largest absolute Gasteiger partial charge is 0.503 e. The van der Waals surface area contributed by atoms with Gasteiger partial charge in [0.1, 0.15) is 22.9 Å². The van der Waals surface area contributed by atoms with Crippen LogP contribution >= 0.6 is 0 Å². The van der Waals surface area contributed by atoms with E-state index in [9.17, 15) is 18.6 Å². The number of nitrogens with two attached hydrogens (primary N) is 1. The predicted molar refractivity (Wildman–Crippen MR) is 133 cm³/mol.